The zero-order valence-corrected chi connectivity index (χ0v) is 17.9. The molecule has 0 amide bonds. The van der Waals surface area contributed by atoms with E-state index in [4.69, 9.17) is 4.74 Å². The first-order chi connectivity index (χ1) is 12.4. The van der Waals surface area contributed by atoms with Crippen LogP contribution >= 0.6 is 24.0 Å². The highest BCUT2D eigenvalue weighted by Crippen LogP contribution is 2.33. The van der Waals surface area contributed by atoms with Gasteiger partial charge < -0.3 is 20.3 Å². The Hall–Kier alpha value is -1.30. The summed E-state index contributed by atoms with van der Waals surface area (Å²) in [7, 11) is 3.56. The van der Waals surface area contributed by atoms with Gasteiger partial charge >= 0.3 is 6.18 Å². The third-order valence-electron chi connectivity index (χ3n) is 4.01. The van der Waals surface area contributed by atoms with Crippen LogP contribution < -0.4 is 10.6 Å². The van der Waals surface area contributed by atoms with Crippen molar-refractivity contribution in [2.75, 3.05) is 52.3 Å². The van der Waals surface area contributed by atoms with Gasteiger partial charge in [-0.15, -0.1) is 24.0 Å². The van der Waals surface area contributed by atoms with Crippen molar-refractivity contribution in [1.82, 2.24) is 15.2 Å². The van der Waals surface area contributed by atoms with E-state index in [9.17, 15) is 13.2 Å². The molecule has 27 heavy (non-hydrogen) atoms. The van der Waals surface area contributed by atoms with Crippen molar-refractivity contribution in [3.8, 4) is 0 Å². The minimum atomic E-state index is -4.43. The Morgan fingerprint density at radius 1 is 1.37 bits per heavy atom. The Labute approximate surface area is 175 Å². The van der Waals surface area contributed by atoms with Crippen LogP contribution in [0.25, 0.3) is 0 Å². The number of anilines is 1. The average molecular weight is 501 g/mol. The minimum Gasteiger partial charge on any atom is -0.379 e. The Balaban J connectivity index is 0.00000364. The number of hydrogen-bond donors (Lipinski definition) is 2. The molecule has 0 radical (unpaired) electrons. The van der Waals surface area contributed by atoms with Crippen molar-refractivity contribution < 1.29 is 17.9 Å². The number of alkyl halides is 3. The van der Waals surface area contributed by atoms with E-state index in [2.05, 4.69) is 20.6 Å². The van der Waals surface area contributed by atoms with Crippen LogP contribution in [0.5, 0.6) is 0 Å². The van der Waals surface area contributed by atoms with Gasteiger partial charge in [0.15, 0.2) is 5.96 Å². The van der Waals surface area contributed by atoms with Crippen molar-refractivity contribution in [3.63, 3.8) is 0 Å². The molecule has 2 N–H and O–H groups in total. The summed E-state index contributed by atoms with van der Waals surface area (Å²) in [6.07, 6.45) is -0.573. The lowest BCUT2D eigenvalue weighted by atomic mass is 10.2. The van der Waals surface area contributed by atoms with Crippen LogP contribution in [0.2, 0.25) is 0 Å². The number of hydrogen-bond acceptors (Lipinski definition) is 4. The van der Waals surface area contributed by atoms with Gasteiger partial charge in [-0.05, 0) is 30.9 Å². The Morgan fingerprint density at radius 3 is 2.74 bits per heavy atom. The molecule has 0 saturated heterocycles. The molecule has 1 saturated carbocycles. The lowest BCUT2D eigenvalue weighted by Gasteiger charge is -2.22. The van der Waals surface area contributed by atoms with E-state index >= 15 is 0 Å². The van der Waals surface area contributed by atoms with Gasteiger partial charge in [0.25, 0.3) is 0 Å². The summed E-state index contributed by atoms with van der Waals surface area (Å²) in [6.45, 7) is 2.82. The Morgan fingerprint density at radius 2 is 2.11 bits per heavy atom. The molecule has 0 bridgehead atoms. The molecule has 2 rings (SSSR count). The average Bonchev–Trinajstić information content (AvgIpc) is 3.42. The second-order valence-electron chi connectivity index (χ2n) is 6.24. The van der Waals surface area contributed by atoms with E-state index in [0.717, 1.165) is 18.6 Å². The van der Waals surface area contributed by atoms with Crippen LogP contribution in [-0.4, -0.2) is 62.8 Å². The second kappa shape index (κ2) is 11.5. The molecule has 1 heterocycles. The quantitative estimate of drug-likeness (QED) is 0.236. The first-order valence-corrected chi connectivity index (χ1v) is 8.67. The molecule has 154 valence electrons. The molecule has 1 aliphatic rings. The van der Waals surface area contributed by atoms with Crippen molar-refractivity contribution in [3.05, 3.63) is 23.9 Å². The summed E-state index contributed by atoms with van der Waals surface area (Å²) >= 11 is 0. The van der Waals surface area contributed by atoms with E-state index in [1.54, 1.807) is 7.05 Å². The number of guanidine groups is 1. The fraction of sp³-hybridized carbons (Fsp3) is 0.647. The number of aromatic nitrogens is 1. The molecule has 1 aliphatic carbocycles. The standard InChI is InChI=1S/C17H26F3N5O.HI/c1-21-16(25(2)10-11-26-12-13-5-6-13)24-9-8-23-15-14(17(18,19)20)4-3-7-22-15;/h3-4,7,13H,5-6,8-12H2,1-2H3,(H,21,24)(H,22,23);1H. The van der Waals surface area contributed by atoms with Gasteiger partial charge in [0.05, 0.1) is 12.2 Å². The SMILES string of the molecule is CN=C(NCCNc1ncccc1C(F)(F)F)N(C)CCOCC1CC1.I. The van der Waals surface area contributed by atoms with Crippen LogP contribution in [0.15, 0.2) is 23.3 Å². The first-order valence-electron chi connectivity index (χ1n) is 8.67. The summed E-state index contributed by atoms with van der Waals surface area (Å²) in [6, 6.07) is 2.28. The molecule has 0 aromatic carbocycles. The lowest BCUT2D eigenvalue weighted by molar-refractivity contribution is -0.137. The van der Waals surface area contributed by atoms with Gasteiger partial charge in [-0.2, -0.15) is 13.2 Å². The smallest absolute Gasteiger partial charge is 0.379 e. The molecule has 0 spiro atoms. The second-order valence-corrected chi connectivity index (χ2v) is 6.24. The molecule has 1 fully saturated rings. The van der Waals surface area contributed by atoms with Gasteiger partial charge in [-0.3, -0.25) is 4.99 Å². The largest absolute Gasteiger partial charge is 0.419 e. The minimum absolute atomic E-state index is 0. The van der Waals surface area contributed by atoms with Crippen LogP contribution in [-0.2, 0) is 10.9 Å². The number of likely N-dealkylation sites (N-methyl/N-ethyl adjacent to an activating group) is 1. The van der Waals surface area contributed by atoms with Crippen LogP contribution in [0.1, 0.15) is 18.4 Å². The number of rotatable bonds is 9. The number of nitrogens with zero attached hydrogens (tertiary/aromatic N) is 3. The van der Waals surface area contributed by atoms with E-state index < -0.39 is 11.7 Å². The van der Waals surface area contributed by atoms with Crippen molar-refractivity contribution in [2.24, 2.45) is 10.9 Å². The van der Waals surface area contributed by atoms with Gasteiger partial charge in [-0.25, -0.2) is 4.98 Å². The molecule has 1 aromatic rings. The topological polar surface area (TPSA) is 61.8 Å². The maximum absolute atomic E-state index is 12.9. The van der Waals surface area contributed by atoms with Gasteiger partial charge in [0, 0.05) is 46.5 Å². The number of halogens is 4. The van der Waals surface area contributed by atoms with E-state index in [1.807, 2.05) is 11.9 Å². The Bertz CT molecular complexity index is 596. The normalized spacial score (nSPS) is 14.5. The molecule has 0 aliphatic heterocycles. The lowest BCUT2D eigenvalue weighted by Crippen LogP contribution is -2.42. The van der Waals surface area contributed by atoms with Crippen molar-refractivity contribution in [2.45, 2.75) is 19.0 Å². The zero-order valence-electron chi connectivity index (χ0n) is 15.6. The first kappa shape index (κ1) is 23.7. The number of pyridine rings is 1. The molecule has 1 aromatic heterocycles. The van der Waals surface area contributed by atoms with Crippen LogP contribution in [0, 0.1) is 5.92 Å². The van der Waals surface area contributed by atoms with Crippen LogP contribution in [0.3, 0.4) is 0 Å². The predicted octanol–water partition coefficient (Wildman–Crippen LogP) is 3.06. The highest BCUT2D eigenvalue weighted by Gasteiger charge is 2.33. The summed E-state index contributed by atoms with van der Waals surface area (Å²) in [5.74, 6) is 1.23. The van der Waals surface area contributed by atoms with Gasteiger partial charge in [0.1, 0.15) is 5.82 Å². The maximum atomic E-state index is 12.9. The number of nitrogens with one attached hydrogen (secondary N) is 2. The Kier molecular flexibility index (Phi) is 10.1. The fourth-order valence-electron chi connectivity index (χ4n) is 2.36. The third-order valence-corrected chi connectivity index (χ3v) is 4.01. The maximum Gasteiger partial charge on any atom is 0.419 e. The molecule has 6 nitrogen and oxygen atoms in total. The van der Waals surface area contributed by atoms with E-state index in [1.165, 1.54) is 25.1 Å². The van der Waals surface area contributed by atoms with Gasteiger partial charge in [0.2, 0.25) is 0 Å². The number of aliphatic imine (C=N–C) groups is 1. The molecule has 10 heteroatoms. The zero-order chi connectivity index (χ0) is 19.0. The molecular formula is C17H27F3IN5O. The highest BCUT2D eigenvalue weighted by molar-refractivity contribution is 14.0. The number of ether oxygens (including phenoxy) is 1. The summed E-state index contributed by atoms with van der Waals surface area (Å²) in [5, 5.41) is 5.83. The molecule has 0 unspecified atom stereocenters. The van der Waals surface area contributed by atoms with Crippen LogP contribution in [0.4, 0.5) is 19.0 Å². The van der Waals surface area contributed by atoms with E-state index in [-0.39, 0.29) is 36.3 Å². The molecule has 0 atom stereocenters. The summed E-state index contributed by atoms with van der Waals surface area (Å²) in [4.78, 5) is 9.86. The third kappa shape index (κ3) is 8.50. The monoisotopic (exact) mass is 501 g/mol. The summed E-state index contributed by atoms with van der Waals surface area (Å²) in [5.41, 5.74) is -0.769. The summed E-state index contributed by atoms with van der Waals surface area (Å²) < 4.78 is 44.3. The van der Waals surface area contributed by atoms with E-state index in [0.29, 0.717) is 25.7 Å². The fourth-order valence-corrected chi connectivity index (χ4v) is 2.36. The van der Waals surface area contributed by atoms with Crippen molar-refractivity contribution >= 4 is 35.8 Å². The van der Waals surface area contributed by atoms with Gasteiger partial charge in [-0.1, -0.05) is 0 Å². The highest BCUT2D eigenvalue weighted by atomic mass is 127. The molecular weight excluding hydrogens is 474 g/mol. The predicted molar refractivity (Wildman–Crippen MR) is 111 cm³/mol. The van der Waals surface area contributed by atoms with Crippen molar-refractivity contribution in [1.29, 1.82) is 0 Å².